The number of nitrogens with zero attached hydrogens (tertiary/aromatic N) is 2. The van der Waals surface area contributed by atoms with Crippen LogP contribution in [0.3, 0.4) is 0 Å². The van der Waals surface area contributed by atoms with Gasteiger partial charge in [-0.25, -0.2) is 4.39 Å². The van der Waals surface area contributed by atoms with E-state index in [0.29, 0.717) is 26.6 Å². The fourth-order valence-corrected chi connectivity index (χ4v) is 2.85. The number of aromatic nitrogens is 2. The summed E-state index contributed by atoms with van der Waals surface area (Å²) in [6.45, 7) is 0. The van der Waals surface area contributed by atoms with Gasteiger partial charge in [0.2, 0.25) is 5.13 Å². The van der Waals surface area contributed by atoms with E-state index in [-0.39, 0.29) is 11.7 Å². The van der Waals surface area contributed by atoms with Gasteiger partial charge >= 0.3 is 0 Å². The molecule has 0 unspecified atom stereocenters. The molecular weight excluding hydrogens is 369 g/mol. The van der Waals surface area contributed by atoms with Gasteiger partial charge in [-0.2, -0.15) is 9.36 Å². The van der Waals surface area contributed by atoms with Crippen molar-refractivity contribution in [1.82, 2.24) is 9.36 Å². The van der Waals surface area contributed by atoms with E-state index in [1.807, 2.05) is 6.07 Å². The summed E-state index contributed by atoms with van der Waals surface area (Å²) in [4.78, 5) is 16.4. The van der Waals surface area contributed by atoms with Gasteiger partial charge in [0.05, 0.1) is 5.56 Å². The van der Waals surface area contributed by atoms with Crippen molar-refractivity contribution >= 4 is 38.5 Å². The van der Waals surface area contributed by atoms with Gasteiger partial charge in [-0.3, -0.25) is 10.1 Å². The first kappa shape index (κ1) is 14.8. The molecule has 0 aliphatic carbocycles. The summed E-state index contributed by atoms with van der Waals surface area (Å²) < 4.78 is 17.8. The van der Waals surface area contributed by atoms with Crippen LogP contribution in [0.1, 0.15) is 10.4 Å². The fraction of sp³-hybridized carbons (Fsp3) is 0. The Hall–Kier alpha value is -2.12. The van der Waals surface area contributed by atoms with Gasteiger partial charge < -0.3 is 0 Å². The molecule has 1 N–H and O–H groups in total. The minimum Gasteiger partial charge on any atom is -0.297 e. The lowest BCUT2D eigenvalue weighted by molar-refractivity contribution is 0.102. The number of hydrogen-bond acceptors (Lipinski definition) is 4. The first-order valence-electron chi connectivity index (χ1n) is 6.29. The lowest BCUT2D eigenvalue weighted by Gasteiger charge is -2.03. The largest absolute Gasteiger partial charge is 0.297 e. The maximum Gasteiger partial charge on any atom is 0.258 e. The maximum atomic E-state index is 12.9. The Morgan fingerprint density at radius 2 is 1.86 bits per heavy atom. The third-order valence-electron chi connectivity index (χ3n) is 2.87. The molecule has 110 valence electrons. The minimum atomic E-state index is -0.318. The molecule has 0 aliphatic rings. The van der Waals surface area contributed by atoms with Gasteiger partial charge in [0.25, 0.3) is 5.91 Å². The second kappa shape index (κ2) is 6.33. The summed E-state index contributed by atoms with van der Waals surface area (Å²) in [7, 11) is 0. The zero-order valence-electron chi connectivity index (χ0n) is 11.1. The van der Waals surface area contributed by atoms with Gasteiger partial charge in [0, 0.05) is 21.6 Å². The molecule has 22 heavy (non-hydrogen) atoms. The molecule has 2 aromatic carbocycles. The zero-order valence-corrected chi connectivity index (χ0v) is 13.5. The molecule has 0 spiro atoms. The smallest absolute Gasteiger partial charge is 0.258 e. The Bertz CT molecular complexity index is 820. The molecule has 0 radical (unpaired) electrons. The van der Waals surface area contributed by atoms with Crippen LogP contribution in [0.5, 0.6) is 0 Å². The SMILES string of the molecule is O=C(Nc1nc(-c2ccc(F)cc2)ns1)c1ccccc1Br. The standard InChI is InChI=1S/C15H9BrFN3OS/c16-12-4-2-1-3-11(12)14(21)19-15-18-13(20-22-15)9-5-7-10(17)8-6-9/h1-8H,(H,18,19,20,21). The Kier molecular flexibility index (Phi) is 4.26. The number of amides is 1. The van der Waals surface area contributed by atoms with Crippen LogP contribution in [-0.2, 0) is 0 Å². The van der Waals surface area contributed by atoms with Crippen molar-refractivity contribution in [3.05, 3.63) is 64.4 Å². The highest BCUT2D eigenvalue weighted by molar-refractivity contribution is 9.10. The zero-order chi connectivity index (χ0) is 15.5. The molecular formula is C15H9BrFN3OS. The van der Waals surface area contributed by atoms with Gasteiger partial charge in [-0.1, -0.05) is 12.1 Å². The number of carbonyl (C=O) groups excluding carboxylic acids is 1. The third-order valence-corrected chi connectivity index (χ3v) is 4.19. The van der Waals surface area contributed by atoms with E-state index >= 15 is 0 Å². The average Bonchev–Trinajstić information content (AvgIpc) is 2.97. The molecule has 0 saturated carbocycles. The molecule has 7 heteroatoms. The monoisotopic (exact) mass is 377 g/mol. The molecule has 0 saturated heterocycles. The lowest BCUT2D eigenvalue weighted by Crippen LogP contribution is -2.12. The van der Waals surface area contributed by atoms with Crippen LogP contribution in [0.2, 0.25) is 0 Å². The normalized spacial score (nSPS) is 10.5. The van der Waals surface area contributed by atoms with Crippen molar-refractivity contribution in [1.29, 1.82) is 0 Å². The Morgan fingerprint density at radius 3 is 2.59 bits per heavy atom. The highest BCUT2D eigenvalue weighted by Gasteiger charge is 2.13. The third kappa shape index (κ3) is 3.20. The van der Waals surface area contributed by atoms with Crippen molar-refractivity contribution in [2.45, 2.75) is 0 Å². The molecule has 0 fully saturated rings. The van der Waals surface area contributed by atoms with Gasteiger partial charge in [0.15, 0.2) is 5.82 Å². The maximum absolute atomic E-state index is 12.9. The van der Waals surface area contributed by atoms with Crippen LogP contribution < -0.4 is 5.32 Å². The van der Waals surface area contributed by atoms with Gasteiger partial charge in [0.1, 0.15) is 5.82 Å². The van der Waals surface area contributed by atoms with Crippen molar-refractivity contribution in [2.24, 2.45) is 0 Å². The predicted molar refractivity (Wildman–Crippen MR) is 87.4 cm³/mol. The summed E-state index contributed by atoms with van der Waals surface area (Å²) in [6, 6.07) is 13.0. The number of carbonyl (C=O) groups is 1. The van der Waals surface area contributed by atoms with E-state index in [4.69, 9.17) is 0 Å². The van der Waals surface area contributed by atoms with E-state index in [1.165, 1.54) is 12.1 Å². The fourth-order valence-electron chi connectivity index (χ4n) is 1.80. The highest BCUT2D eigenvalue weighted by atomic mass is 79.9. The number of hydrogen-bond donors (Lipinski definition) is 1. The first-order chi connectivity index (χ1) is 10.6. The molecule has 1 heterocycles. The van der Waals surface area contributed by atoms with Crippen molar-refractivity contribution in [2.75, 3.05) is 5.32 Å². The highest BCUT2D eigenvalue weighted by Crippen LogP contribution is 2.23. The summed E-state index contributed by atoms with van der Waals surface area (Å²) in [6.07, 6.45) is 0. The summed E-state index contributed by atoms with van der Waals surface area (Å²) in [5.41, 5.74) is 1.21. The number of nitrogens with one attached hydrogen (secondary N) is 1. The van der Waals surface area contributed by atoms with Crippen molar-refractivity contribution in [3.63, 3.8) is 0 Å². The van der Waals surface area contributed by atoms with E-state index in [1.54, 1.807) is 30.3 Å². The quantitative estimate of drug-likeness (QED) is 0.737. The van der Waals surface area contributed by atoms with Crippen LogP contribution in [0.4, 0.5) is 9.52 Å². The molecule has 0 bridgehead atoms. The molecule has 0 atom stereocenters. The van der Waals surface area contributed by atoms with E-state index in [9.17, 15) is 9.18 Å². The molecule has 0 aliphatic heterocycles. The van der Waals surface area contributed by atoms with Gasteiger partial charge in [-0.15, -0.1) is 0 Å². The molecule has 4 nitrogen and oxygen atoms in total. The van der Waals surface area contributed by atoms with Crippen molar-refractivity contribution < 1.29 is 9.18 Å². The Balaban J connectivity index is 1.78. The van der Waals surface area contributed by atoms with Crippen LogP contribution in [-0.4, -0.2) is 15.3 Å². The summed E-state index contributed by atoms with van der Waals surface area (Å²) in [5, 5.41) is 3.09. The molecule has 1 amide bonds. The van der Waals surface area contributed by atoms with E-state index in [2.05, 4.69) is 30.6 Å². The summed E-state index contributed by atoms with van der Waals surface area (Å²) >= 11 is 4.41. The topological polar surface area (TPSA) is 54.9 Å². The van der Waals surface area contributed by atoms with Crippen LogP contribution >= 0.6 is 27.5 Å². The second-order valence-corrected chi connectivity index (χ2v) is 5.97. The molecule has 3 rings (SSSR count). The number of benzene rings is 2. The molecule has 1 aromatic heterocycles. The summed E-state index contributed by atoms with van der Waals surface area (Å²) in [5.74, 6) is -0.136. The Morgan fingerprint density at radius 1 is 1.14 bits per heavy atom. The predicted octanol–water partition coefficient (Wildman–Crippen LogP) is 4.36. The van der Waals surface area contributed by atoms with Crippen LogP contribution in [0.15, 0.2) is 53.0 Å². The molecule has 3 aromatic rings. The van der Waals surface area contributed by atoms with Gasteiger partial charge in [-0.05, 0) is 52.3 Å². The lowest BCUT2D eigenvalue weighted by atomic mass is 10.2. The second-order valence-electron chi connectivity index (χ2n) is 4.36. The van der Waals surface area contributed by atoms with Crippen LogP contribution in [0.25, 0.3) is 11.4 Å². The number of rotatable bonds is 3. The average molecular weight is 378 g/mol. The van der Waals surface area contributed by atoms with E-state index < -0.39 is 0 Å². The van der Waals surface area contributed by atoms with Crippen molar-refractivity contribution in [3.8, 4) is 11.4 Å². The first-order valence-corrected chi connectivity index (χ1v) is 7.85. The minimum absolute atomic E-state index is 0.269. The van der Waals surface area contributed by atoms with E-state index in [0.717, 1.165) is 11.5 Å². The van der Waals surface area contributed by atoms with Crippen LogP contribution in [0, 0.1) is 5.82 Å². The number of anilines is 1. The Labute approximate surface area is 138 Å². The number of halogens is 2.